The zero-order valence-electron chi connectivity index (χ0n) is 10.5. The number of phenolic OH excluding ortho intramolecular Hbond substituents is 2. The standard InChI is InChI=1S/C14H22O2S/c1-2-3-4-5-6-7-10-17-14-11-12(15)8-9-13(14)16/h8-9,11,15-16H,2-7,10H2,1H3. The summed E-state index contributed by atoms with van der Waals surface area (Å²) in [5, 5.41) is 18.9. The Labute approximate surface area is 108 Å². The number of unbranched alkanes of at least 4 members (excludes halogenated alkanes) is 5. The highest BCUT2D eigenvalue weighted by Crippen LogP contribution is 2.32. The molecule has 0 atom stereocenters. The molecule has 3 heteroatoms. The summed E-state index contributed by atoms with van der Waals surface area (Å²) in [6.45, 7) is 2.22. The quantitative estimate of drug-likeness (QED) is 0.406. The Balaban J connectivity index is 2.15. The van der Waals surface area contributed by atoms with Crippen molar-refractivity contribution in [2.45, 2.75) is 50.3 Å². The Kier molecular flexibility index (Phi) is 6.94. The van der Waals surface area contributed by atoms with Gasteiger partial charge in [-0.25, -0.2) is 0 Å². The number of rotatable bonds is 8. The van der Waals surface area contributed by atoms with Crippen LogP contribution in [-0.2, 0) is 0 Å². The Morgan fingerprint density at radius 3 is 2.47 bits per heavy atom. The molecule has 0 bridgehead atoms. The molecule has 0 heterocycles. The molecule has 17 heavy (non-hydrogen) atoms. The van der Waals surface area contributed by atoms with Crippen molar-refractivity contribution in [3.05, 3.63) is 18.2 Å². The molecule has 0 saturated carbocycles. The number of hydrogen-bond donors (Lipinski definition) is 2. The molecule has 0 aliphatic heterocycles. The lowest BCUT2D eigenvalue weighted by Crippen LogP contribution is -1.83. The number of benzene rings is 1. The van der Waals surface area contributed by atoms with Gasteiger partial charge in [0.05, 0.1) is 4.90 Å². The van der Waals surface area contributed by atoms with E-state index in [1.165, 1.54) is 44.6 Å². The molecule has 96 valence electrons. The second-order valence-electron chi connectivity index (χ2n) is 4.27. The van der Waals surface area contributed by atoms with E-state index >= 15 is 0 Å². The second-order valence-corrected chi connectivity index (χ2v) is 5.41. The summed E-state index contributed by atoms with van der Waals surface area (Å²) in [6, 6.07) is 4.67. The van der Waals surface area contributed by atoms with Crippen LogP contribution in [0.2, 0.25) is 0 Å². The zero-order chi connectivity index (χ0) is 12.5. The highest BCUT2D eigenvalue weighted by molar-refractivity contribution is 7.99. The van der Waals surface area contributed by atoms with E-state index in [1.807, 2.05) is 0 Å². The van der Waals surface area contributed by atoms with Crippen LogP contribution in [0.1, 0.15) is 45.4 Å². The molecule has 0 unspecified atom stereocenters. The van der Waals surface area contributed by atoms with Crippen LogP contribution in [0.5, 0.6) is 11.5 Å². The second kappa shape index (κ2) is 8.29. The van der Waals surface area contributed by atoms with Gasteiger partial charge in [0, 0.05) is 0 Å². The van der Waals surface area contributed by atoms with Crippen LogP contribution in [-0.4, -0.2) is 16.0 Å². The molecule has 0 radical (unpaired) electrons. The van der Waals surface area contributed by atoms with E-state index < -0.39 is 0 Å². The Bertz CT molecular complexity index is 326. The highest BCUT2D eigenvalue weighted by Gasteiger charge is 2.02. The molecule has 0 aliphatic carbocycles. The fourth-order valence-corrected chi connectivity index (χ4v) is 2.67. The predicted molar refractivity (Wildman–Crippen MR) is 73.9 cm³/mol. The smallest absolute Gasteiger partial charge is 0.129 e. The normalized spacial score (nSPS) is 10.6. The SMILES string of the molecule is CCCCCCCCSc1cc(O)ccc1O. The molecule has 0 aliphatic rings. The van der Waals surface area contributed by atoms with Gasteiger partial charge in [0.15, 0.2) is 0 Å². The van der Waals surface area contributed by atoms with Crippen LogP contribution < -0.4 is 0 Å². The van der Waals surface area contributed by atoms with Gasteiger partial charge in [-0.1, -0.05) is 39.0 Å². The van der Waals surface area contributed by atoms with Gasteiger partial charge < -0.3 is 10.2 Å². The fraction of sp³-hybridized carbons (Fsp3) is 0.571. The van der Waals surface area contributed by atoms with Gasteiger partial charge in [0.25, 0.3) is 0 Å². The Morgan fingerprint density at radius 2 is 1.71 bits per heavy atom. The van der Waals surface area contributed by atoms with Gasteiger partial charge in [-0.2, -0.15) is 0 Å². The van der Waals surface area contributed by atoms with Gasteiger partial charge in [-0.15, -0.1) is 11.8 Å². The maximum absolute atomic E-state index is 9.58. The average Bonchev–Trinajstić information content (AvgIpc) is 2.32. The Hall–Kier alpha value is -0.830. The van der Waals surface area contributed by atoms with Crippen LogP contribution in [0.4, 0.5) is 0 Å². The first-order valence-corrected chi connectivity index (χ1v) is 7.37. The van der Waals surface area contributed by atoms with E-state index in [0.717, 1.165) is 10.6 Å². The maximum Gasteiger partial charge on any atom is 0.129 e. The van der Waals surface area contributed by atoms with Gasteiger partial charge in [-0.3, -0.25) is 0 Å². The number of phenols is 2. The van der Waals surface area contributed by atoms with E-state index in [4.69, 9.17) is 0 Å². The third kappa shape index (κ3) is 5.87. The zero-order valence-corrected chi connectivity index (χ0v) is 11.3. The molecular weight excluding hydrogens is 232 g/mol. The molecule has 1 aromatic rings. The average molecular weight is 254 g/mol. The summed E-state index contributed by atoms with van der Waals surface area (Å²) < 4.78 is 0. The first-order chi connectivity index (χ1) is 8.24. The van der Waals surface area contributed by atoms with Crippen molar-refractivity contribution in [1.29, 1.82) is 0 Å². The molecular formula is C14H22O2S. The van der Waals surface area contributed by atoms with Crippen molar-refractivity contribution in [3.8, 4) is 11.5 Å². The Morgan fingerprint density at radius 1 is 1.00 bits per heavy atom. The van der Waals surface area contributed by atoms with Crippen LogP contribution in [0.3, 0.4) is 0 Å². The lowest BCUT2D eigenvalue weighted by molar-refractivity contribution is 0.448. The molecule has 0 spiro atoms. The third-order valence-corrected chi connectivity index (χ3v) is 3.83. The van der Waals surface area contributed by atoms with E-state index in [9.17, 15) is 10.2 Å². The molecule has 2 nitrogen and oxygen atoms in total. The van der Waals surface area contributed by atoms with Crippen molar-refractivity contribution >= 4 is 11.8 Å². The maximum atomic E-state index is 9.58. The number of thioether (sulfide) groups is 1. The van der Waals surface area contributed by atoms with E-state index in [-0.39, 0.29) is 11.5 Å². The van der Waals surface area contributed by atoms with Gasteiger partial charge in [-0.05, 0) is 30.4 Å². The van der Waals surface area contributed by atoms with Crippen molar-refractivity contribution in [2.24, 2.45) is 0 Å². The predicted octanol–water partition coefficient (Wildman–Crippen LogP) is 4.55. The van der Waals surface area contributed by atoms with Crippen molar-refractivity contribution in [1.82, 2.24) is 0 Å². The molecule has 1 rings (SSSR count). The van der Waals surface area contributed by atoms with Crippen LogP contribution in [0.25, 0.3) is 0 Å². The summed E-state index contributed by atoms with van der Waals surface area (Å²) in [5.74, 6) is 1.48. The summed E-state index contributed by atoms with van der Waals surface area (Å²) in [5.41, 5.74) is 0. The molecule has 0 fully saturated rings. The first kappa shape index (κ1) is 14.2. The van der Waals surface area contributed by atoms with Gasteiger partial charge >= 0.3 is 0 Å². The summed E-state index contributed by atoms with van der Waals surface area (Å²) in [4.78, 5) is 0.776. The lowest BCUT2D eigenvalue weighted by Gasteiger charge is -2.05. The number of hydrogen-bond acceptors (Lipinski definition) is 3. The summed E-state index contributed by atoms with van der Waals surface area (Å²) in [6.07, 6.45) is 7.68. The topological polar surface area (TPSA) is 40.5 Å². The minimum atomic E-state index is 0.216. The summed E-state index contributed by atoms with van der Waals surface area (Å²) in [7, 11) is 0. The molecule has 0 amide bonds. The molecule has 0 saturated heterocycles. The largest absolute Gasteiger partial charge is 0.508 e. The van der Waals surface area contributed by atoms with E-state index in [1.54, 1.807) is 23.9 Å². The molecule has 1 aromatic carbocycles. The van der Waals surface area contributed by atoms with Gasteiger partial charge in [0.1, 0.15) is 11.5 Å². The van der Waals surface area contributed by atoms with Crippen molar-refractivity contribution in [2.75, 3.05) is 5.75 Å². The van der Waals surface area contributed by atoms with Crippen LogP contribution in [0.15, 0.2) is 23.1 Å². The van der Waals surface area contributed by atoms with E-state index in [2.05, 4.69) is 6.92 Å². The van der Waals surface area contributed by atoms with Crippen LogP contribution in [0, 0.1) is 0 Å². The highest BCUT2D eigenvalue weighted by atomic mass is 32.2. The first-order valence-electron chi connectivity index (χ1n) is 6.39. The van der Waals surface area contributed by atoms with Crippen molar-refractivity contribution < 1.29 is 10.2 Å². The molecule has 0 aromatic heterocycles. The fourth-order valence-electron chi connectivity index (χ4n) is 1.68. The minimum absolute atomic E-state index is 0.216. The minimum Gasteiger partial charge on any atom is -0.508 e. The molecule has 2 N–H and O–H groups in total. The van der Waals surface area contributed by atoms with Gasteiger partial charge in [0.2, 0.25) is 0 Å². The monoisotopic (exact) mass is 254 g/mol. The van der Waals surface area contributed by atoms with Crippen LogP contribution >= 0.6 is 11.8 Å². The summed E-state index contributed by atoms with van der Waals surface area (Å²) >= 11 is 1.61. The van der Waals surface area contributed by atoms with E-state index in [0.29, 0.717) is 0 Å². The van der Waals surface area contributed by atoms with Crippen molar-refractivity contribution in [3.63, 3.8) is 0 Å². The number of aromatic hydroxyl groups is 2. The lowest BCUT2D eigenvalue weighted by atomic mass is 10.1. The third-order valence-electron chi connectivity index (χ3n) is 2.70.